The second-order valence-electron chi connectivity index (χ2n) is 8.39. The van der Waals surface area contributed by atoms with E-state index >= 15 is 0 Å². The average Bonchev–Trinajstić information content (AvgIpc) is 3.36. The number of hydrogen-bond acceptors (Lipinski definition) is 5. The minimum absolute atomic E-state index is 0.120. The molecule has 142 valence electrons. The van der Waals surface area contributed by atoms with Crippen molar-refractivity contribution in [2.45, 2.75) is 44.9 Å². The first-order valence-corrected chi connectivity index (χ1v) is 10.8. The van der Waals surface area contributed by atoms with E-state index in [2.05, 4.69) is 15.5 Å². The number of anilines is 1. The fourth-order valence-electron chi connectivity index (χ4n) is 5.96. The molecule has 1 aromatic carbocycles. The highest BCUT2D eigenvalue weighted by Gasteiger charge is 2.62. The van der Waals surface area contributed by atoms with Crippen LogP contribution in [0.4, 0.5) is 5.13 Å². The molecule has 0 aliphatic heterocycles. The summed E-state index contributed by atoms with van der Waals surface area (Å²) < 4.78 is 5.20. The van der Waals surface area contributed by atoms with Gasteiger partial charge in [-0.2, -0.15) is 0 Å². The van der Waals surface area contributed by atoms with Crippen LogP contribution in [0.5, 0.6) is 5.75 Å². The van der Waals surface area contributed by atoms with Crippen LogP contribution in [0.1, 0.15) is 49.1 Å². The number of carbonyl (C=O) groups excluding carboxylic acids is 1. The highest BCUT2D eigenvalue weighted by atomic mass is 32.1. The molecule has 3 aliphatic carbocycles. The molecule has 3 aliphatic rings. The van der Waals surface area contributed by atoms with E-state index in [9.17, 15) is 4.79 Å². The predicted octanol–water partition coefficient (Wildman–Crippen LogP) is 4.29. The molecular weight excluding hydrogens is 358 g/mol. The van der Waals surface area contributed by atoms with Gasteiger partial charge in [-0.1, -0.05) is 29.9 Å². The summed E-state index contributed by atoms with van der Waals surface area (Å²) in [4.78, 5) is 13.3. The number of nitrogens with one attached hydrogen (secondary N) is 1. The number of methoxy groups -OCH3 is 1. The lowest BCUT2D eigenvalue weighted by molar-refractivity contribution is -0.133. The van der Waals surface area contributed by atoms with Crippen LogP contribution < -0.4 is 10.1 Å². The molecule has 3 saturated carbocycles. The lowest BCUT2D eigenvalue weighted by atomic mass is 9.60. The third-order valence-corrected chi connectivity index (χ3v) is 7.89. The number of amides is 1. The van der Waals surface area contributed by atoms with Crippen LogP contribution in [-0.2, 0) is 11.2 Å². The fourth-order valence-corrected chi connectivity index (χ4v) is 6.73. The molecule has 2 bridgehead atoms. The van der Waals surface area contributed by atoms with E-state index in [0.717, 1.165) is 35.1 Å². The Morgan fingerprint density at radius 2 is 1.96 bits per heavy atom. The van der Waals surface area contributed by atoms with Crippen LogP contribution in [0.15, 0.2) is 24.3 Å². The molecule has 2 aromatic rings. The monoisotopic (exact) mass is 383 g/mol. The number of nitrogens with zero attached hydrogens (tertiary/aromatic N) is 2. The molecule has 2 unspecified atom stereocenters. The van der Waals surface area contributed by atoms with Gasteiger partial charge >= 0.3 is 0 Å². The van der Waals surface area contributed by atoms with Gasteiger partial charge in [-0.3, -0.25) is 4.79 Å². The van der Waals surface area contributed by atoms with Crippen molar-refractivity contribution in [1.29, 1.82) is 0 Å². The zero-order valence-corrected chi connectivity index (χ0v) is 16.4. The maximum atomic E-state index is 13.3. The first-order valence-electron chi connectivity index (χ1n) is 9.94. The number of carbonyl (C=O) groups is 1. The van der Waals surface area contributed by atoms with Crippen molar-refractivity contribution >= 4 is 22.4 Å². The van der Waals surface area contributed by atoms with Crippen molar-refractivity contribution in [3.63, 3.8) is 0 Å². The van der Waals surface area contributed by atoms with Crippen molar-refractivity contribution in [3.05, 3.63) is 34.8 Å². The van der Waals surface area contributed by atoms with Gasteiger partial charge in [0.15, 0.2) is 0 Å². The fraction of sp³-hybridized carbons (Fsp3) is 0.571. The molecule has 1 amide bonds. The maximum absolute atomic E-state index is 13.3. The highest BCUT2D eigenvalue weighted by molar-refractivity contribution is 7.15. The molecule has 1 N–H and O–H groups in total. The number of aromatic nitrogens is 2. The summed E-state index contributed by atoms with van der Waals surface area (Å²) in [5.74, 6) is 3.00. The Hall–Kier alpha value is -1.95. The minimum Gasteiger partial charge on any atom is -0.497 e. The van der Waals surface area contributed by atoms with E-state index in [0.29, 0.717) is 17.0 Å². The third kappa shape index (κ3) is 2.85. The number of rotatable bonds is 5. The smallest absolute Gasteiger partial charge is 0.232 e. The summed E-state index contributed by atoms with van der Waals surface area (Å²) in [7, 11) is 1.67. The molecule has 5 nitrogen and oxygen atoms in total. The standard InChI is InChI=1S/C21H25N3O2S/c1-26-17-7-5-13(6-8-17)11-18-23-24-20(27-18)22-19(25)21-12-14-9-15(21)3-2-4-16(21)10-14/h5-8,14-16H,2-4,9-12H2,1H3,(H,22,24,25)/t14?,15-,16+,21?. The molecule has 6 heteroatoms. The highest BCUT2D eigenvalue weighted by Crippen LogP contribution is 2.66. The third-order valence-electron chi connectivity index (χ3n) is 7.05. The second kappa shape index (κ2) is 6.59. The molecule has 1 aromatic heterocycles. The SMILES string of the molecule is COc1ccc(Cc2nnc(NC(=O)C34CC5C[C@H]3CCC[C@H]4C5)s2)cc1. The zero-order chi connectivity index (χ0) is 18.4. The summed E-state index contributed by atoms with van der Waals surface area (Å²) in [5.41, 5.74) is 1.04. The normalized spacial score (nSPS) is 31.1. The van der Waals surface area contributed by atoms with Crippen molar-refractivity contribution in [1.82, 2.24) is 10.2 Å². The van der Waals surface area contributed by atoms with Gasteiger partial charge in [0, 0.05) is 6.42 Å². The Labute approximate surface area is 163 Å². The van der Waals surface area contributed by atoms with Crippen LogP contribution in [0.25, 0.3) is 0 Å². The van der Waals surface area contributed by atoms with Crippen LogP contribution in [0.2, 0.25) is 0 Å². The van der Waals surface area contributed by atoms with Gasteiger partial charge in [0.1, 0.15) is 10.8 Å². The van der Waals surface area contributed by atoms with Crippen LogP contribution in [0.3, 0.4) is 0 Å². The van der Waals surface area contributed by atoms with Crippen LogP contribution in [-0.4, -0.2) is 23.2 Å². The number of ether oxygens (including phenoxy) is 1. The first-order chi connectivity index (χ1) is 13.2. The number of benzene rings is 1. The predicted molar refractivity (Wildman–Crippen MR) is 105 cm³/mol. The molecule has 3 fully saturated rings. The lowest BCUT2D eigenvalue weighted by Crippen LogP contribution is -2.46. The molecule has 5 rings (SSSR count). The Balaban J connectivity index is 1.28. The van der Waals surface area contributed by atoms with Gasteiger partial charge in [0.05, 0.1) is 12.5 Å². The first kappa shape index (κ1) is 17.2. The number of fused-ring (bicyclic) bond motifs is 1. The van der Waals surface area contributed by atoms with Crippen molar-refractivity contribution in [2.75, 3.05) is 12.4 Å². The van der Waals surface area contributed by atoms with E-state index in [1.807, 2.05) is 24.3 Å². The topological polar surface area (TPSA) is 64.1 Å². The zero-order valence-electron chi connectivity index (χ0n) is 15.6. The quantitative estimate of drug-likeness (QED) is 0.836. The summed E-state index contributed by atoms with van der Waals surface area (Å²) in [6.07, 6.45) is 8.05. The van der Waals surface area contributed by atoms with Gasteiger partial charge in [0.2, 0.25) is 11.0 Å². The molecule has 27 heavy (non-hydrogen) atoms. The molecule has 0 radical (unpaired) electrons. The van der Waals surface area contributed by atoms with Gasteiger partial charge < -0.3 is 10.1 Å². The summed E-state index contributed by atoms with van der Waals surface area (Å²) >= 11 is 1.49. The molecule has 1 heterocycles. The summed E-state index contributed by atoms with van der Waals surface area (Å²) in [6.45, 7) is 0. The maximum Gasteiger partial charge on any atom is 0.232 e. The molecular formula is C21H25N3O2S. The van der Waals surface area contributed by atoms with Crippen molar-refractivity contribution < 1.29 is 9.53 Å². The van der Waals surface area contributed by atoms with Crippen LogP contribution >= 0.6 is 11.3 Å². The van der Waals surface area contributed by atoms with Crippen molar-refractivity contribution in [3.8, 4) is 5.75 Å². The molecule has 0 spiro atoms. The Morgan fingerprint density at radius 1 is 1.22 bits per heavy atom. The van der Waals surface area contributed by atoms with E-state index in [-0.39, 0.29) is 11.3 Å². The average molecular weight is 384 g/mol. The molecule has 4 atom stereocenters. The van der Waals surface area contributed by atoms with Gasteiger partial charge in [-0.25, -0.2) is 0 Å². The lowest BCUT2D eigenvalue weighted by Gasteiger charge is -2.44. The van der Waals surface area contributed by atoms with Crippen molar-refractivity contribution in [2.24, 2.45) is 23.2 Å². The van der Waals surface area contributed by atoms with Gasteiger partial charge in [0.25, 0.3) is 0 Å². The minimum atomic E-state index is -0.120. The van der Waals surface area contributed by atoms with E-state index in [1.54, 1.807) is 7.11 Å². The second-order valence-corrected chi connectivity index (χ2v) is 9.45. The largest absolute Gasteiger partial charge is 0.497 e. The van der Waals surface area contributed by atoms with Crippen LogP contribution in [0, 0.1) is 23.2 Å². The van der Waals surface area contributed by atoms with Gasteiger partial charge in [-0.05, 0) is 67.6 Å². The molecule has 0 saturated heterocycles. The Kier molecular flexibility index (Phi) is 4.19. The summed E-state index contributed by atoms with van der Waals surface area (Å²) in [6, 6.07) is 7.98. The van der Waals surface area contributed by atoms with E-state index in [1.165, 1.54) is 43.4 Å². The van der Waals surface area contributed by atoms with E-state index in [4.69, 9.17) is 4.74 Å². The Morgan fingerprint density at radius 3 is 2.67 bits per heavy atom. The number of hydrogen-bond donors (Lipinski definition) is 1. The van der Waals surface area contributed by atoms with Gasteiger partial charge in [-0.15, -0.1) is 10.2 Å². The van der Waals surface area contributed by atoms with E-state index < -0.39 is 0 Å². The summed E-state index contributed by atoms with van der Waals surface area (Å²) in [5, 5.41) is 13.2. The Bertz CT molecular complexity index is 833.